The number of hydrogen-bond acceptors (Lipinski definition) is 6. The zero-order valence-electron chi connectivity index (χ0n) is 14.6. The maximum absolute atomic E-state index is 13.2. The summed E-state index contributed by atoms with van der Waals surface area (Å²) in [4.78, 5) is 22.4. The van der Waals surface area contributed by atoms with E-state index in [9.17, 15) is 19.3 Å². The van der Waals surface area contributed by atoms with Gasteiger partial charge in [-0.2, -0.15) is 5.10 Å². The Morgan fingerprint density at radius 2 is 1.96 bits per heavy atom. The fourth-order valence-corrected chi connectivity index (χ4v) is 2.39. The van der Waals surface area contributed by atoms with E-state index in [1.807, 2.05) is 0 Å². The van der Waals surface area contributed by atoms with Crippen LogP contribution in [0.2, 0.25) is 0 Å². The molecule has 2 aromatic carbocycles. The summed E-state index contributed by atoms with van der Waals surface area (Å²) in [6, 6.07) is 12.7. The van der Waals surface area contributed by atoms with Crippen molar-refractivity contribution in [1.82, 2.24) is 5.43 Å². The molecule has 1 heterocycles. The van der Waals surface area contributed by atoms with E-state index in [0.29, 0.717) is 11.3 Å². The number of methoxy groups -OCH3 is 1. The third kappa shape index (κ3) is 4.21. The van der Waals surface area contributed by atoms with Crippen molar-refractivity contribution >= 4 is 17.8 Å². The van der Waals surface area contributed by atoms with Crippen molar-refractivity contribution in [2.24, 2.45) is 5.10 Å². The van der Waals surface area contributed by atoms with E-state index in [-0.39, 0.29) is 17.1 Å². The summed E-state index contributed by atoms with van der Waals surface area (Å²) in [5.41, 5.74) is 2.45. The first-order valence-corrected chi connectivity index (χ1v) is 7.99. The largest absolute Gasteiger partial charge is 0.497 e. The van der Waals surface area contributed by atoms with Crippen LogP contribution in [0.25, 0.3) is 11.3 Å². The van der Waals surface area contributed by atoms with Crippen molar-refractivity contribution in [3.63, 3.8) is 0 Å². The van der Waals surface area contributed by atoms with E-state index < -0.39 is 22.3 Å². The predicted octanol–water partition coefficient (Wildman–Crippen LogP) is 3.77. The fraction of sp³-hybridized carbons (Fsp3) is 0.0526. The van der Waals surface area contributed by atoms with Gasteiger partial charge >= 0.3 is 0 Å². The van der Waals surface area contributed by atoms with Crippen molar-refractivity contribution in [3.05, 3.63) is 81.9 Å². The van der Waals surface area contributed by atoms with E-state index in [4.69, 9.17) is 9.15 Å². The quantitative estimate of drug-likeness (QED) is 0.396. The number of rotatable bonds is 6. The van der Waals surface area contributed by atoms with Gasteiger partial charge in [-0.1, -0.05) is 0 Å². The van der Waals surface area contributed by atoms with Gasteiger partial charge in [0.05, 0.1) is 29.9 Å². The van der Waals surface area contributed by atoms with Gasteiger partial charge in [0.2, 0.25) is 0 Å². The molecule has 1 N–H and O–H groups in total. The van der Waals surface area contributed by atoms with Crippen LogP contribution in [0.1, 0.15) is 16.1 Å². The number of carbonyl (C=O) groups excluding carboxylic acids is 1. The number of amides is 1. The molecule has 1 aromatic heterocycles. The van der Waals surface area contributed by atoms with E-state index in [1.165, 1.54) is 31.5 Å². The summed E-state index contributed by atoms with van der Waals surface area (Å²) in [6.07, 6.45) is 1.25. The smallest absolute Gasteiger partial charge is 0.283 e. The fourth-order valence-electron chi connectivity index (χ4n) is 2.39. The highest BCUT2D eigenvalue weighted by Crippen LogP contribution is 2.31. The molecule has 0 saturated heterocycles. The number of nitro groups is 1. The van der Waals surface area contributed by atoms with Crippen molar-refractivity contribution < 1.29 is 23.3 Å². The summed E-state index contributed by atoms with van der Waals surface area (Å²) in [7, 11) is 1.53. The summed E-state index contributed by atoms with van der Waals surface area (Å²) in [5.74, 6) is -0.0961. The van der Waals surface area contributed by atoms with Crippen LogP contribution in [0.4, 0.5) is 10.1 Å². The molecule has 1 amide bonds. The molecule has 0 aliphatic rings. The molecule has 0 saturated carbocycles. The van der Waals surface area contributed by atoms with Crippen LogP contribution in [0.15, 0.2) is 64.1 Å². The Balaban J connectivity index is 1.71. The molecule has 0 fully saturated rings. The Bertz CT molecular complexity index is 1040. The minimum Gasteiger partial charge on any atom is -0.497 e. The molecule has 9 heteroatoms. The van der Waals surface area contributed by atoms with Gasteiger partial charge in [-0.15, -0.1) is 0 Å². The lowest BCUT2D eigenvalue weighted by Crippen LogP contribution is -2.17. The summed E-state index contributed by atoms with van der Waals surface area (Å²) < 4.78 is 23.7. The van der Waals surface area contributed by atoms with Crippen molar-refractivity contribution in [1.29, 1.82) is 0 Å². The Kier molecular flexibility index (Phi) is 5.45. The molecule has 0 unspecified atom stereocenters. The normalized spacial score (nSPS) is 10.8. The second-order valence-electron chi connectivity index (χ2n) is 5.55. The van der Waals surface area contributed by atoms with Crippen molar-refractivity contribution in [3.8, 4) is 17.1 Å². The first-order valence-electron chi connectivity index (χ1n) is 7.99. The molecule has 0 atom stereocenters. The van der Waals surface area contributed by atoms with Crippen LogP contribution >= 0.6 is 0 Å². The van der Waals surface area contributed by atoms with Gasteiger partial charge < -0.3 is 9.15 Å². The molecule has 3 rings (SSSR count). The highest BCUT2D eigenvalue weighted by atomic mass is 19.1. The monoisotopic (exact) mass is 383 g/mol. The molecule has 0 aliphatic heterocycles. The molecule has 0 radical (unpaired) electrons. The average molecular weight is 383 g/mol. The molecule has 0 aliphatic carbocycles. The molecule has 0 spiro atoms. The van der Waals surface area contributed by atoms with Crippen LogP contribution in [0, 0.1) is 15.9 Å². The van der Waals surface area contributed by atoms with Crippen LogP contribution in [-0.2, 0) is 0 Å². The number of nitrogens with one attached hydrogen (secondary N) is 1. The third-order valence-corrected chi connectivity index (χ3v) is 3.76. The maximum Gasteiger partial charge on any atom is 0.283 e. The number of nitrogens with zero attached hydrogens (tertiary/aromatic N) is 2. The molecular formula is C19H14FN3O5. The summed E-state index contributed by atoms with van der Waals surface area (Å²) >= 11 is 0. The van der Waals surface area contributed by atoms with E-state index in [2.05, 4.69) is 10.5 Å². The van der Waals surface area contributed by atoms with Crippen molar-refractivity contribution in [2.45, 2.75) is 0 Å². The van der Waals surface area contributed by atoms with Gasteiger partial charge in [-0.05, 0) is 48.5 Å². The van der Waals surface area contributed by atoms with Gasteiger partial charge in [0.25, 0.3) is 11.6 Å². The van der Waals surface area contributed by atoms with Gasteiger partial charge in [0, 0.05) is 5.56 Å². The van der Waals surface area contributed by atoms with Gasteiger partial charge in [-0.25, -0.2) is 9.82 Å². The minimum atomic E-state index is -0.718. The molecule has 8 nitrogen and oxygen atoms in total. The maximum atomic E-state index is 13.2. The Hall–Kier alpha value is -4.01. The molecule has 142 valence electrons. The SMILES string of the molecule is COc1ccc(C(=O)N/N=C\c2ccc(-c3ccc(F)cc3[N+](=O)[O-])o2)cc1. The van der Waals surface area contributed by atoms with Crippen LogP contribution < -0.4 is 10.2 Å². The first-order chi connectivity index (χ1) is 13.5. The van der Waals surface area contributed by atoms with E-state index >= 15 is 0 Å². The first kappa shape index (κ1) is 18.8. The number of carbonyl (C=O) groups is 1. The number of hydrogen-bond donors (Lipinski definition) is 1. The minimum absolute atomic E-state index is 0.133. The Morgan fingerprint density at radius 3 is 2.64 bits per heavy atom. The highest BCUT2D eigenvalue weighted by Gasteiger charge is 2.19. The molecule has 0 bridgehead atoms. The lowest BCUT2D eigenvalue weighted by molar-refractivity contribution is -0.384. The Labute approximate surface area is 158 Å². The molecular weight excluding hydrogens is 369 g/mol. The number of furan rings is 1. The average Bonchev–Trinajstić information content (AvgIpc) is 3.16. The summed E-state index contributed by atoms with van der Waals surface area (Å²) in [5, 5.41) is 14.9. The van der Waals surface area contributed by atoms with Crippen LogP contribution in [0.3, 0.4) is 0 Å². The molecule has 28 heavy (non-hydrogen) atoms. The number of benzene rings is 2. The van der Waals surface area contributed by atoms with Gasteiger partial charge in [0.15, 0.2) is 0 Å². The third-order valence-electron chi connectivity index (χ3n) is 3.76. The zero-order chi connectivity index (χ0) is 20.1. The zero-order valence-corrected chi connectivity index (χ0v) is 14.6. The highest BCUT2D eigenvalue weighted by molar-refractivity contribution is 5.94. The number of ether oxygens (including phenoxy) is 1. The Morgan fingerprint density at radius 1 is 1.21 bits per heavy atom. The van der Waals surface area contributed by atoms with Crippen LogP contribution in [-0.4, -0.2) is 24.2 Å². The molecule has 3 aromatic rings. The van der Waals surface area contributed by atoms with E-state index in [0.717, 1.165) is 12.1 Å². The van der Waals surface area contributed by atoms with Gasteiger partial charge in [0.1, 0.15) is 23.1 Å². The predicted molar refractivity (Wildman–Crippen MR) is 98.8 cm³/mol. The summed E-state index contributed by atoms with van der Waals surface area (Å²) in [6.45, 7) is 0. The van der Waals surface area contributed by atoms with Crippen LogP contribution in [0.5, 0.6) is 5.75 Å². The topological polar surface area (TPSA) is 107 Å². The number of halogens is 1. The van der Waals surface area contributed by atoms with Gasteiger partial charge in [-0.3, -0.25) is 14.9 Å². The standard InChI is InChI=1S/C19H14FN3O5/c1-27-14-5-2-12(3-6-14)19(24)22-21-11-15-7-9-18(28-15)16-8-4-13(20)10-17(16)23(25)26/h2-11H,1H3,(H,22,24)/b21-11-. The lowest BCUT2D eigenvalue weighted by Gasteiger charge is -2.01. The lowest BCUT2D eigenvalue weighted by atomic mass is 10.1. The van der Waals surface area contributed by atoms with E-state index in [1.54, 1.807) is 24.3 Å². The second kappa shape index (κ2) is 8.12. The number of nitro benzene ring substituents is 1. The van der Waals surface area contributed by atoms with Crippen molar-refractivity contribution in [2.75, 3.05) is 7.11 Å². The number of hydrazone groups is 1. The second-order valence-corrected chi connectivity index (χ2v) is 5.55.